The van der Waals surface area contributed by atoms with Gasteiger partial charge in [0.05, 0.1) is 25.1 Å². The van der Waals surface area contributed by atoms with Crippen molar-refractivity contribution >= 4 is 17.6 Å². The molecule has 26 heavy (non-hydrogen) atoms. The third-order valence-electron chi connectivity index (χ3n) is 4.68. The van der Waals surface area contributed by atoms with E-state index in [9.17, 15) is 9.59 Å². The fraction of sp³-hybridized carbons (Fsp3) is 0.611. The molecule has 3 amide bonds. The molecule has 0 atom stereocenters. The van der Waals surface area contributed by atoms with Crippen LogP contribution < -0.4 is 10.6 Å². The van der Waals surface area contributed by atoms with E-state index in [4.69, 9.17) is 4.74 Å². The van der Waals surface area contributed by atoms with E-state index in [1.807, 2.05) is 0 Å². The van der Waals surface area contributed by atoms with Gasteiger partial charge in [0.15, 0.2) is 0 Å². The minimum absolute atomic E-state index is 0.0424. The fourth-order valence-corrected chi connectivity index (χ4v) is 3.32. The second-order valence-electron chi connectivity index (χ2n) is 6.97. The normalized spacial score (nSPS) is 17.7. The molecule has 2 aliphatic rings. The zero-order valence-corrected chi connectivity index (χ0v) is 15.2. The summed E-state index contributed by atoms with van der Waals surface area (Å²) in [5.41, 5.74) is 1.68. The Balaban J connectivity index is 1.45. The van der Waals surface area contributed by atoms with E-state index in [1.54, 1.807) is 24.3 Å². The average molecular weight is 361 g/mol. The van der Waals surface area contributed by atoms with Crippen molar-refractivity contribution in [1.82, 2.24) is 20.0 Å². The van der Waals surface area contributed by atoms with E-state index in [0.29, 0.717) is 24.9 Å². The Morgan fingerprint density at radius 3 is 2.92 bits per heavy atom. The lowest BCUT2D eigenvalue weighted by Crippen LogP contribution is -2.35. The van der Waals surface area contributed by atoms with Gasteiger partial charge in [0.1, 0.15) is 6.54 Å². The van der Waals surface area contributed by atoms with E-state index >= 15 is 0 Å². The lowest BCUT2D eigenvalue weighted by molar-refractivity contribution is -0.122. The number of hydrogen-bond acceptors (Lipinski definition) is 4. The Morgan fingerprint density at radius 2 is 2.19 bits per heavy atom. The van der Waals surface area contributed by atoms with Crippen LogP contribution >= 0.6 is 0 Å². The summed E-state index contributed by atoms with van der Waals surface area (Å²) in [5, 5.41) is 9.98. The number of carbonyl (C=O) groups is 2. The highest BCUT2D eigenvalue weighted by molar-refractivity contribution is 5.89. The van der Waals surface area contributed by atoms with Gasteiger partial charge in [-0.05, 0) is 24.8 Å². The fourth-order valence-electron chi connectivity index (χ4n) is 3.32. The van der Waals surface area contributed by atoms with Crippen molar-refractivity contribution in [3.05, 3.63) is 24.0 Å². The molecule has 8 nitrogen and oxygen atoms in total. The van der Waals surface area contributed by atoms with Crippen LogP contribution in [0.4, 0.5) is 10.5 Å². The van der Waals surface area contributed by atoms with Gasteiger partial charge in [-0.15, -0.1) is 0 Å². The third-order valence-corrected chi connectivity index (χ3v) is 4.68. The molecule has 1 saturated carbocycles. The first-order valence-electron chi connectivity index (χ1n) is 9.20. The number of nitrogens with zero attached hydrogens (tertiary/aromatic N) is 3. The molecule has 0 spiro atoms. The van der Waals surface area contributed by atoms with Gasteiger partial charge in [0.25, 0.3) is 0 Å². The summed E-state index contributed by atoms with van der Waals surface area (Å²) in [7, 11) is 1.74. The molecular weight excluding hydrogens is 334 g/mol. The predicted octanol–water partition coefficient (Wildman–Crippen LogP) is 1.75. The van der Waals surface area contributed by atoms with Crippen LogP contribution in [-0.4, -0.2) is 59.5 Å². The van der Waals surface area contributed by atoms with E-state index in [1.165, 1.54) is 17.5 Å². The summed E-state index contributed by atoms with van der Waals surface area (Å²) in [6.07, 6.45) is 10.7. The van der Waals surface area contributed by atoms with Crippen LogP contribution in [0, 0.1) is 0 Å². The topological polar surface area (TPSA) is 88.5 Å². The number of likely N-dealkylation sites (N-methyl/N-ethyl adjacent to an activating group) is 1. The zero-order chi connectivity index (χ0) is 18.4. The molecule has 2 N–H and O–H groups in total. The Bertz CT molecular complexity index is 664. The lowest BCUT2D eigenvalue weighted by Gasteiger charge is -2.21. The Kier molecular flexibility index (Phi) is 6.27. The lowest BCUT2D eigenvalue weighted by atomic mass is 10.2. The van der Waals surface area contributed by atoms with Crippen molar-refractivity contribution in [3.63, 3.8) is 0 Å². The van der Waals surface area contributed by atoms with Crippen LogP contribution in [0.1, 0.15) is 32.1 Å². The smallest absolute Gasteiger partial charge is 0.321 e. The number of aromatic nitrogens is 2. The third kappa shape index (κ3) is 5.32. The molecule has 0 unspecified atom stereocenters. The van der Waals surface area contributed by atoms with E-state index in [2.05, 4.69) is 21.8 Å². The molecular formula is C18H27N5O3. The monoisotopic (exact) mass is 361 g/mol. The Hall–Kier alpha value is -2.35. The van der Waals surface area contributed by atoms with Gasteiger partial charge in [0, 0.05) is 25.8 Å². The van der Waals surface area contributed by atoms with Gasteiger partial charge in [0.2, 0.25) is 5.91 Å². The Labute approximate surface area is 153 Å². The molecule has 1 aromatic heterocycles. The number of nitrogens with one attached hydrogen (secondary N) is 2. The SMILES string of the molecule is CN(CC1=CCCOC1)C(=O)Nc1cnn(CC(=O)NC2CCCC2)c1. The molecule has 2 heterocycles. The van der Waals surface area contributed by atoms with Crippen LogP contribution in [0.3, 0.4) is 0 Å². The molecule has 1 aromatic rings. The summed E-state index contributed by atoms with van der Waals surface area (Å²) in [5.74, 6) is -0.0424. The zero-order valence-electron chi connectivity index (χ0n) is 15.2. The highest BCUT2D eigenvalue weighted by Crippen LogP contribution is 2.17. The van der Waals surface area contributed by atoms with Gasteiger partial charge in [-0.3, -0.25) is 9.48 Å². The van der Waals surface area contributed by atoms with Crippen LogP contribution in [0.2, 0.25) is 0 Å². The van der Waals surface area contributed by atoms with Crippen molar-refractivity contribution in [3.8, 4) is 0 Å². The number of hydrogen-bond donors (Lipinski definition) is 2. The molecule has 1 fully saturated rings. The average Bonchev–Trinajstić information content (AvgIpc) is 3.28. The van der Waals surface area contributed by atoms with Crippen LogP contribution in [0.25, 0.3) is 0 Å². The number of urea groups is 1. The standard InChI is InChI=1S/C18H27N5O3/c1-22(10-14-5-4-8-26-13-14)18(25)21-16-9-19-23(11-16)12-17(24)20-15-6-2-3-7-15/h5,9,11,15H,2-4,6-8,10,12-13H2,1H3,(H,20,24)(H,21,25). The predicted molar refractivity (Wildman–Crippen MR) is 97.8 cm³/mol. The van der Waals surface area contributed by atoms with Crippen molar-refractivity contribution in [1.29, 1.82) is 0 Å². The van der Waals surface area contributed by atoms with Crippen molar-refractivity contribution < 1.29 is 14.3 Å². The van der Waals surface area contributed by atoms with Crippen LogP contribution in [-0.2, 0) is 16.1 Å². The number of carbonyl (C=O) groups excluding carboxylic acids is 2. The van der Waals surface area contributed by atoms with Gasteiger partial charge < -0.3 is 20.3 Å². The first kappa shape index (κ1) is 18.4. The van der Waals surface area contributed by atoms with Gasteiger partial charge in [-0.25, -0.2) is 4.79 Å². The summed E-state index contributed by atoms with van der Waals surface area (Å²) in [6.45, 7) is 2.01. The number of amides is 3. The molecule has 142 valence electrons. The van der Waals surface area contributed by atoms with Crippen molar-refractivity contribution in [2.45, 2.75) is 44.7 Å². The second kappa shape index (κ2) is 8.84. The number of anilines is 1. The number of rotatable bonds is 6. The van der Waals surface area contributed by atoms with Crippen molar-refractivity contribution in [2.75, 3.05) is 32.1 Å². The quantitative estimate of drug-likeness (QED) is 0.756. The Morgan fingerprint density at radius 1 is 1.38 bits per heavy atom. The van der Waals surface area contributed by atoms with Crippen LogP contribution in [0.15, 0.2) is 24.0 Å². The van der Waals surface area contributed by atoms with Gasteiger partial charge in [-0.2, -0.15) is 5.10 Å². The number of ether oxygens (including phenoxy) is 1. The molecule has 0 radical (unpaired) electrons. The largest absolute Gasteiger partial charge is 0.377 e. The second-order valence-corrected chi connectivity index (χ2v) is 6.97. The molecule has 0 aromatic carbocycles. The molecule has 0 bridgehead atoms. The maximum atomic E-state index is 12.3. The molecule has 1 aliphatic carbocycles. The molecule has 3 rings (SSSR count). The van der Waals surface area contributed by atoms with E-state index in [-0.39, 0.29) is 18.5 Å². The molecule has 1 aliphatic heterocycles. The van der Waals surface area contributed by atoms with Crippen molar-refractivity contribution in [2.24, 2.45) is 0 Å². The van der Waals surface area contributed by atoms with Gasteiger partial charge >= 0.3 is 6.03 Å². The summed E-state index contributed by atoms with van der Waals surface area (Å²) >= 11 is 0. The minimum Gasteiger partial charge on any atom is -0.377 e. The first-order chi connectivity index (χ1) is 12.6. The summed E-state index contributed by atoms with van der Waals surface area (Å²) in [6, 6.07) is 0.0791. The van der Waals surface area contributed by atoms with Gasteiger partial charge in [-0.1, -0.05) is 18.9 Å². The van der Waals surface area contributed by atoms with Crippen LogP contribution in [0.5, 0.6) is 0 Å². The highest BCUT2D eigenvalue weighted by Gasteiger charge is 2.18. The van der Waals surface area contributed by atoms with E-state index < -0.39 is 0 Å². The molecule has 0 saturated heterocycles. The summed E-state index contributed by atoms with van der Waals surface area (Å²) in [4.78, 5) is 25.9. The molecule has 8 heteroatoms. The van der Waals surface area contributed by atoms with E-state index in [0.717, 1.165) is 31.4 Å². The minimum atomic E-state index is -0.216. The first-order valence-corrected chi connectivity index (χ1v) is 9.20. The maximum absolute atomic E-state index is 12.3. The maximum Gasteiger partial charge on any atom is 0.321 e. The summed E-state index contributed by atoms with van der Waals surface area (Å²) < 4.78 is 6.93. The highest BCUT2D eigenvalue weighted by atomic mass is 16.5.